The zero-order chi connectivity index (χ0) is 15.0. The largest absolute Gasteiger partial charge is 0.302 e. The van der Waals surface area contributed by atoms with Gasteiger partial charge in [0.15, 0.2) is 0 Å². The van der Waals surface area contributed by atoms with Crippen LogP contribution in [0, 0.1) is 11.6 Å². The molecular weight excluding hydrogens is 274 g/mol. The molecule has 1 amide bonds. The van der Waals surface area contributed by atoms with Crippen LogP contribution in [0.2, 0.25) is 0 Å². The van der Waals surface area contributed by atoms with Crippen molar-refractivity contribution >= 4 is 17.3 Å². The highest BCUT2D eigenvalue weighted by molar-refractivity contribution is 6.54. The summed E-state index contributed by atoms with van der Waals surface area (Å²) in [7, 11) is 1.49. The van der Waals surface area contributed by atoms with Crippen molar-refractivity contribution in [1.82, 2.24) is 0 Å². The standard InChI is InChI=1S/C16H12F2N2O/c1-19-15-13-8-12(18)5-6-14(13)20(16(15)21)9-10-3-2-4-11(17)7-10/h2-8H,9H2,1H3. The van der Waals surface area contributed by atoms with Crippen molar-refractivity contribution in [1.29, 1.82) is 0 Å². The number of carbonyl (C=O) groups is 1. The maximum absolute atomic E-state index is 13.4. The van der Waals surface area contributed by atoms with Crippen molar-refractivity contribution in [2.75, 3.05) is 11.9 Å². The number of halogens is 2. The Morgan fingerprint density at radius 3 is 2.57 bits per heavy atom. The Balaban J connectivity index is 2.02. The molecule has 2 aromatic carbocycles. The van der Waals surface area contributed by atoms with Crippen molar-refractivity contribution in [2.45, 2.75) is 6.54 Å². The summed E-state index contributed by atoms with van der Waals surface area (Å²) in [5.41, 5.74) is 1.95. The summed E-state index contributed by atoms with van der Waals surface area (Å²) in [6.45, 7) is 0.217. The van der Waals surface area contributed by atoms with E-state index in [0.29, 0.717) is 16.8 Å². The number of amides is 1. The summed E-state index contributed by atoms with van der Waals surface area (Å²) in [5, 5.41) is 0. The van der Waals surface area contributed by atoms with Gasteiger partial charge in [0.05, 0.1) is 12.2 Å². The number of rotatable bonds is 2. The van der Waals surface area contributed by atoms with Crippen LogP contribution >= 0.6 is 0 Å². The van der Waals surface area contributed by atoms with Gasteiger partial charge in [-0.05, 0) is 35.9 Å². The van der Waals surface area contributed by atoms with Crippen LogP contribution in [0.4, 0.5) is 14.5 Å². The summed E-state index contributed by atoms with van der Waals surface area (Å²) >= 11 is 0. The molecule has 3 rings (SSSR count). The highest BCUT2D eigenvalue weighted by atomic mass is 19.1. The fraction of sp³-hybridized carbons (Fsp3) is 0.125. The third-order valence-electron chi connectivity index (χ3n) is 3.41. The van der Waals surface area contributed by atoms with Crippen LogP contribution in [0.1, 0.15) is 11.1 Å². The number of hydrogen-bond acceptors (Lipinski definition) is 2. The lowest BCUT2D eigenvalue weighted by atomic mass is 10.1. The lowest BCUT2D eigenvalue weighted by Crippen LogP contribution is -2.29. The van der Waals surface area contributed by atoms with E-state index in [1.165, 1.54) is 36.2 Å². The van der Waals surface area contributed by atoms with Gasteiger partial charge in [0, 0.05) is 12.6 Å². The Bertz CT molecular complexity index is 756. The van der Waals surface area contributed by atoms with Gasteiger partial charge in [-0.2, -0.15) is 0 Å². The molecule has 21 heavy (non-hydrogen) atoms. The molecule has 5 heteroatoms. The summed E-state index contributed by atoms with van der Waals surface area (Å²) in [5.74, 6) is -1.08. The second-order valence-electron chi connectivity index (χ2n) is 4.75. The molecule has 0 N–H and O–H groups in total. The topological polar surface area (TPSA) is 32.7 Å². The SMILES string of the molecule is CN=C1C(=O)N(Cc2cccc(F)c2)c2ccc(F)cc21. The number of hydrogen-bond donors (Lipinski definition) is 0. The molecular formula is C16H12F2N2O. The normalized spacial score (nSPS) is 15.7. The summed E-state index contributed by atoms with van der Waals surface area (Å²) in [6.07, 6.45) is 0. The van der Waals surface area contributed by atoms with E-state index in [4.69, 9.17) is 0 Å². The average molecular weight is 286 g/mol. The van der Waals surface area contributed by atoms with Crippen LogP contribution in [-0.2, 0) is 11.3 Å². The Morgan fingerprint density at radius 2 is 1.86 bits per heavy atom. The maximum atomic E-state index is 13.4. The van der Waals surface area contributed by atoms with Crippen molar-refractivity contribution in [3.63, 3.8) is 0 Å². The number of aliphatic imine (C=N–C) groups is 1. The molecule has 0 saturated carbocycles. The Hall–Kier alpha value is -2.56. The smallest absolute Gasteiger partial charge is 0.277 e. The van der Waals surface area contributed by atoms with Crippen LogP contribution in [0.15, 0.2) is 47.5 Å². The van der Waals surface area contributed by atoms with Crippen LogP contribution in [0.25, 0.3) is 0 Å². The van der Waals surface area contributed by atoms with Gasteiger partial charge in [0.25, 0.3) is 5.91 Å². The van der Waals surface area contributed by atoms with Crippen LogP contribution < -0.4 is 4.90 Å². The number of fused-ring (bicyclic) bond motifs is 1. The van der Waals surface area contributed by atoms with E-state index in [0.717, 1.165) is 0 Å². The minimum atomic E-state index is -0.421. The highest BCUT2D eigenvalue weighted by Gasteiger charge is 2.33. The number of benzene rings is 2. The predicted molar refractivity (Wildman–Crippen MR) is 76.5 cm³/mol. The lowest BCUT2D eigenvalue weighted by molar-refractivity contribution is -0.112. The number of nitrogens with zero attached hydrogens (tertiary/aromatic N) is 2. The Kier molecular flexibility index (Phi) is 3.25. The lowest BCUT2D eigenvalue weighted by Gasteiger charge is -2.17. The highest BCUT2D eigenvalue weighted by Crippen LogP contribution is 2.31. The summed E-state index contributed by atoms with van der Waals surface area (Å²) < 4.78 is 26.6. The zero-order valence-electron chi connectivity index (χ0n) is 11.3. The van der Waals surface area contributed by atoms with Crippen LogP contribution in [-0.4, -0.2) is 18.7 Å². The van der Waals surface area contributed by atoms with Gasteiger partial charge in [-0.3, -0.25) is 9.79 Å². The zero-order valence-corrected chi connectivity index (χ0v) is 11.3. The van der Waals surface area contributed by atoms with E-state index >= 15 is 0 Å². The van der Waals surface area contributed by atoms with E-state index in [1.807, 2.05) is 0 Å². The second-order valence-corrected chi connectivity index (χ2v) is 4.75. The molecule has 0 bridgehead atoms. The molecule has 0 spiro atoms. The molecule has 2 aromatic rings. The molecule has 3 nitrogen and oxygen atoms in total. The molecule has 0 unspecified atom stereocenters. The first-order valence-electron chi connectivity index (χ1n) is 6.43. The minimum absolute atomic E-state index is 0.217. The van der Waals surface area contributed by atoms with E-state index < -0.39 is 5.82 Å². The summed E-state index contributed by atoms with van der Waals surface area (Å²) in [4.78, 5) is 17.8. The van der Waals surface area contributed by atoms with Gasteiger partial charge in [-0.15, -0.1) is 0 Å². The van der Waals surface area contributed by atoms with Gasteiger partial charge in [0.2, 0.25) is 0 Å². The quantitative estimate of drug-likeness (QED) is 0.835. The summed E-state index contributed by atoms with van der Waals surface area (Å²) in [6, 6.07) is 10.2. The van der Waals surface area contributed by atoms with Gasteiger partial charge in [-0.25, -0.2) is 8.78 Å². The number of carbonyl (C=O) groups excluding carboxylic acids is 1. The van der Waals surface area contributed by atoms with E-state index in [2.05, 4.69) is 4.99 Å². The molecule has 0 fully saturated rings. The maximum Gasteiger partial charge on any atom is 0.277 e. The van der Waals surface area contributed by atoms with Gasteiger partial charge < -0.3 is 4.90 Å². The molecule has 1 aliphatic heterocycles. The molecule has 0 aliphatic carbocycles. The molecule has 0 saturated heterocycles. The molecule has 1 heterocycles. The molecule has 0 aromatic heterocycles. The van der Waals surface area contributed by atoms with Crippen molar-refractivity contribution in [2.24, 2.45) is 4.99 Å². The average Bonchev–Trinajstić information content (AvgIpc) is 2.70. The third-order valence-corrected chi connectivity index (χ3v) is 3.41. The first kappa shape index (κ1) is 13.4. The van der Waals surface area contributed by atoms with E-state index in [-0.39, 0.29) is 24.0 Å². The van der Waals surface area contributed by atoms with Crippen molar-refractivity contribution < 1.29 is 13.6 Å². The fourth-order valence-electron chi connectivity index (χ4n) is 2.48. The third kappa shape index (κ3) is 2.31. The fourth-order valence-corrected chi connectivity index (χ4v) is 2.48. The van der Waals surface area contributed by atoms with Gasteiger partial charge in [-0.1, -0.05) is 12.1 Å². The Labute approximate surface area is 120 Å². The van der Waals surface area contributed by atoms with Crippen LogP contribution in [0.5, 0.6) is 0 Å². The molecule has 1 aliphatic rings. The monoisotopic (exact) mass is 286 g/mol. The molecule has 0 radical (unpaired) electrons. The van der Waals surface area contributed by atoms with Crippen LogP contribution in [0.3, 0.4) is 0 Å². The van der Waals surface area contributed by atoms with Crippen molar-refractivity contribution in [3.05, 3.63) is 65.2 Å². The number of anilines is 1. The minimum Gasteiger partial charge on any atom is -0.302 e. The van der Waals surface area contributed by atoms with E-state index in [1.54, 1.807) is 18.2 Å². The Morgan fingerprint density at radius 1 is 1.10 bits per heavy atom. The first-order chi connectivity index (χ1) is 10.1. The van der Waals surface area contributed by atoms with Gasteiger partial charge in [0.1, 0.15) is 17.3 Å². The molecule has 0 atom stereocenters. The predicted octanol–water partition coefficient (Wildman–Crippen LogP) is 2.93. The van der Waals surface area contributed by atoms with Gasteiger partial charge >= 0.3 is 0 Å². The first-order valence-corrected chi connectivity index (χ1v) is 6.43. The second kappa shape index (κ2) is 5.09. The van der Waals surface area contributed by atoms with Crippen molar-refractivity contribution in [3.8, 4) is 0 Å². The van der Waals surface area contributed by atoms with E-state index in [9.17, 15) is 13.6 Å². The molecule has 106 valence electrons.